The predicted octanol–water partition coefficient (Wildman–Crippen LogP) is 9.29. The Labute approximate surface area is 536 Å². The molecule has 1 unspecified atom stereocenters. The lowest BCUT2D eigenvalue weighted by molar-refractivity contribution is -0.160. The second-order valence-corrected chi connectivity index (χ2v) is 35.4. The minimum Gasteiger partial charge on any atom is -0.508 e. The first-order valence-electron chi connectivity index (χ1n) is 31.2. The molecule has 4 rings (SSSR count). The fraction of sp³-hybridized carbons (Fsp3) is 0.689. The molecule has 496 valence electrons. The van der Waals surface area contributed by atoms with Crippen LogP contribution in [0.15, 0.2) is 52.3 Å². The summed E-state index contributed by atoms with van der Waals surface area (Å²) in [5.41, 5.74) is 10.0. The van der Waals surface area contributed by atoms with E-state index in [0.29, 0.717) is 88.6 Å². The number of rotatable bonds is 42. The van der Waals surface area contributed by atoms with Crippen molar-refractivity contribution in [2.24, 2.45) is 22.9 Å². The molecule has 7 atom stereocenters. The molecule has 0 radical (unpaired) electrons. The van der Waals surface area contributed by atoms with Crippen molar-refractivity contribution in [1.29, 1.82) is 0 Å². The number of likely N-dealkylation sites (N-methyl/N-ethyl adjacent to an activating group) is 1. The van der Waals surface area contributed by atoms with Gasteiger partial charge in [0, 0.05) is 84.5 Å². The molecule has 4 N–H and O–H groups in total. The molecule has 4 amide bonds. The van der Waals surface area contributed by atoms with Crippen LogP contribution >= 0.6 is 23.1 Å². The van der Waals surface area contributed by atoms with E-state index >= 15 is 0 Å². The van der Waals surface area contributed by atoms with E-state index in [2.05, 4.69) is 62.1 Å². The molecule has 3 aromatic rings. The van der Waals surface area contributed by atoms with Crippen molar-refractivity contribution >= 4 is 75.3 Å². The van der Waals surface area contributed by atoms with Gasteiger partial charge >= 0.3 is 11.9 Å². The van der Waals surface area contributed by atoms with Gasteiger partial charge in [0.1, 0.15) is 22.5 Å². The summed E-state index contributed by atoms with van der Waals surface area (Å²) in [5, 5.41) is 26.1. The molecular weight excluding hydrogens is 1220 g/mol. The maximum atomic E-state index is 15.0. The number of nitrogens with one attached hydrogen (secondary N) is 3. The first kappa shape index (κ1) is 75.9. The molecule has 2 aromatic heterocycles. The van der Waals surface area contributed by atoms with Crippen LogP contribution in [0.1, 0.15) is 139 Å². The highest BCUT2D eigenvalue weighted by Crippen LogP contribution is 2.33. The Hall–Kier alpha value is -5.56. The summed E-state index contributed by atoms with van der Waals surface area (Å²) in [6.45, 7) is 24.9. The molecule has 3 heterocycles. The molecule has 0 spiro atoms. The van der Waals surface area contributed by atoms with Gasteiger partial charge in [-0.15, -0.1) is 11.3 Å². The molecule has 1 fully saturated rings. The topological polar surface area (TPSA) is 308 Å². The van der Waals surface area contributed by atoms with Crippen LogP contribution in [-0.2, 0) is 64.8 Å². The van der Waals surface area contributed by atoms with Crippen molar-refractivity contribution in [1.82, 2.24) is 40.7 Å². The summed E-state index contributed by atoms with van der Waals surface area (Å²) in [7, 11) is -2.39. The lowest BCUT2D eigenvalue weighted by Gasteiger charge is -2.39. The van der Waals surface area contributed by atoms with Gasteiger partial charge in [0.05, 0.1) is 45.7 Å². The zero-order chi connectivity index (χ0) is 65.5. The fourth-order valence-corrected chi connectivity index (χ4v) is 21.5. The average Bonchev–Trinajstić information content (AvgIpc) is 3.45. The normalized spacial score (nSPS) is 15.8. The number of phenols is 1. The number of benzene rings is 1. The van der Waals surface area contributed by atoms with Gasteiger partial charge in [0.25, 0.3) is 5.91 Å². The van der Waals surface area contributed by atoms with E-state index in [9.17, 15) is 33.9 Å². The molecule has 0 saturated carbocycles. The lowest BCUT2D eigenvalue weighted by Crippen LogP contribution is -2.59. The van der Waals surface area contributed by atoms with E-state index in [0.717, 1.165) is 59.7 Å². The molecule has 24 nitrogen and oxygen atoms in total. The van der Waals surface area contributed by atoms with Crippen molar-refractivity contribution < 1.29 is 61.7 Å². The van der Waals surface area contributed by atoms with E-state index in [1.165, 1.54) is 11.8 Å². The molecular formula is C61H99N11O13S2Si2. The van der Waals surface area contributed by atoms with Crippen LogP contribution in [0.4, 0.5) is 0 Å². The number of azide groups is 1. The highest BCUT2D eigenvalue weighted by molar-refractivity contribution is 8.00. The summed E-state index contributed by atoms with van der Waals surface area (Å²) < 4.78 is 35.1. The Morgan fingerprint density at radius 3 is 2.25 bits per heavy atom. The second-order valence-electron chi connectivity index (χ2n) is 24.4. The number of piperidine rings is 1. The van der Waals surface area contributed by atoms with Gasteiger partial charge in [-0.25, -0.2) is 15.0 Å². The minimum atomic E-state index is -2.15. The van der Waals surface area contributed by atoms with Gasteiger partial charge in [-0.2, -0.15) is 0 Å². The Balaban J connectivity index is 1.37. The predicted molar refractivity (Wildman–Crippen MR) is 348 cm³/mol. The molecule has 89 heavy (non-hydrogen) atoms. The van der Waals surface area contributed by atoms with Gasteiger partial charge in [-0.3, -0.25) is 33.7 Å². The van der Waals surface area contributed by atoms with Crippen LogP contribution in [0, 0.1) is 17.8 Å². The number of hydrogen-bond donors (Lipinski definition) is 4. The van der Waals surface area contributed by atoms with Gasteiger partial charge in [-0.1, -0.05) is 83.4 Å². The van der Waals surface area contributed by atoms with Crippen LogP contribution in [0.5, 0.6) is 5.75 Å². The number of thiazole rings is 1. The quantitative estimate of drug-likeness (QED) is 0.00472. The van der Waals surface area contributed by atoms with Crippen LogP contribution < -0.4 is 16.0 Å². The first-order valence-corrected chi connectivity index (χ1v) is 39.3. The van der Waals surface area contributed by atoms with Crippen molar-refractivity contribution in [3.05, 3.63) is 74.3 Å². The highest BCUT2D eigenvalue weighted by atomic mass is 32.2. The monoisotopic (exact) mass is 1310 g/mol. The number of likely N-dealkylation sites (tertiary alicyclic amines) is 1. The smallest absolute Gasteiger partial charge is 0.307 e. The SMILES string of the molecule is CCCC(=O)OCN(C(=O)[C@H](NC(=O)[C@@H]1CCCCN1C)C(C)CC)[C@@H](C[C@H](OC(C)=O)c1nc(C(=O)N[C@H](Cc2ccc(O)cc2)C[C@@H](C)C(=O)NCCC[Si](C)(C)O[Si](C)(C)CSc2ncc(COCCOCCOCCN=[N+]=[N-])cn2)cs1)C(C)C. The third-order valence-corrected chi connectivity index (χ3v) is 25.9. The maximum Gasteiger partial charge on any atom is 0.307 e. The molecule has 1 saturated heterocycles. The van der Waals surface area contributed by atoms with Crippen molar-refractivity contribution in [3.8, 4) is 5.75 Å². The number of aromatic hydroxyl groups is 1. The lowest BCUT2D eigenvalue weighted by atomic mass is 9.92. The fourth-order valence-electron chi connectivity index (χ4n) is 10.3. The van der Waals surface area contributed by atoms with Crippen LogP contribution in [0.2, 0.25) is 32.2 Å². The number of nitrogens with zero attached hydrogens (tertiary/aromatic N) is 8. The number of phenolic OH excluding ortho intramolecular Hbond substituents is 1. The Morgan fingerprint density at radius 1 is 0.921 bits per heavy atom. The van der Waals surface area contributed by atoms with Gasteiger partial charge < -0.3 is 53.8 Å². The van der Waals surface area contributed by atoms with Gasteiger partial charge in [-0.05, 0) is 119 Å². The van der Waals surface area contributed by atoms with Crippen LogP contribution in [0.3, 0.4) is 0 Å². The van der Waals surface area contributed by atoms with Crippen molar-refractivity contribution in [2.75, 3.05) is 71.8 Å². The maximum absolute atomic E-state index is 15.0. The van der Waals surface area contributed by atoms with E-state index in [1.54, 1.807) is 53.8 Å². The summed E-state index contributed by atoms with van der Waals surface area (Å²) in [6, 6.07) is 4.92. The number of aromatic nitrogens is 3. The molecule has 28 heteroatoms. The molecule has 1 aromatic carbocycles. The molecule has 1 aliphatic rings. The molecule has 0 aliphatic carbocycles. The Kier molecular flexibility index (Phi) is 33.8. The number of carbonyl (C=O) groups is 6. The highest BCUT2D eigenvalue weighted by Gasteiger charge is 2.40. The van der Waals surface area contributed by atoms with Crippen molar-refractivity contribution in [2.45, 2.75) is 187 Å². The van der Waals surface area contributed by atoms with E-state index in [-0.39, 0.29) is 54.4 Å². The van der Waals surface area contributed by atoms with E-state index in [4.69, 9.17) is 38.3 Å². The number of hydrogen-bond acceptors (Lipinski definition) is 20. The average molecular weight is 1310 g/mol. The summed E-state index contributed by atoms with van der Waals surface area (Å²) in [6.07, 6.45) is 7.68. The molecule has 1 aliphatic heterocycles. The van der Waals surface area contributed by atoms with E-state index < -0.39 is 83.3 Å². The Bertz CT molecular complexity index is 2710. The third-order valence-electron chi connectivity index (χ3n) is 15.2. The number of amides is 4. The van der Waals surface area contributed by atoms with Gasteiger partial charge in [0.15, 0.2) is 34.6 Å². The summed E-state index contributed by atoms with van der Waals surface area (Å²) in [5.74, 6) is -3.41. The summed E-state index contributed by atoms with van der Waals surface area (Å²) >= 11 is 2.70. The van der Waals surface area contributed by atoms with E-state index in [1.807, 2.05) is 53.5 Å². The number of esters is 2. The van der Waals surface area contributed by atoms with Gasteiger partial charge in [0.2, 0.25) is 17.7 Å². The zero-order valence-electron chi connectivity index (χ0n) is 54.5. The van der Waals surface area contributed by atoms with Crippen LogP contribution in [-0.4, -0.2) is 178 Å². The van der Waals surface area contributed by atoms with Crippen LogP contribution in [0.25, 0.3) is 10.4 Å². The third kappa shape index (κ3) is 28.2. The largest absolute Gasteiger partial charge is 0.508 e. The zero-order valence-corrected chi connectivity index (χ0v) is 58.1. The second kappa shape index (κ2) is 39.6. The first-order chi connectivity index (χ1) is 42.3. The van der Waals surface area contributed by atoms with Crippen molar-refractivity contribution in [3.63, 3.8) is 0 Å². The summed E-state index contributed by atoms with van der Waals surface area (Å²) in [4.78, 5) is 103. The number of carbonyl (C=O) groups excluding carboxylic acids is 6. The Morgan fingerprint density at radius 2 is 1.61 bits per heavy atom. The molecule has 0 bridgehead atoms. The standard InChI is InChI=1S/C61H99N11O13S2Si2/c1-13-18-54(75)83-40-72(60(79)55(43(5)14-2)69-58(78)51-19-15-16-26-71(51)8)52(42(3)4)35-53(84-45(7)73)59-68-50(39-86-59)57(77)67-48(34-46-20-22-49(74)23-21-46)33-44(6)56(76)63-24-17-32-88(9,10)85-89(11,12)41-87-61-64-36-47(37-65-61)38-82-31-30-81-29-28-80-27-25-66-70-62/h20-23,36-37,39,42-44,48,51-53,55,74H,13-19,24-35,38,40-41H2,1-12H3,(H,63,76)(H,67,77)(H,69,78)/t43?,44-,48+,51+,52+,53+,55-/m1/s1. The number of ether oxygens (including phenoxy) is 5. The number of thioether (sulfide) groups is 1. The minimum absolute atomic E-state index is 0.0310.